The standard InChI is InChI=1S/C32H16N8.Al.BrH/c1-2-10-18-17(9-1)25-33-26(18)38-28-21-13-5-6-14-22(21)30(35-28)40-32-24-16-8-7-15-23(24)31(36-32)39-29-20-12-4-3-11-19(20)27(34-29)37-25;;/h1-16H;;1H/q-2;+3;/p-1. The molecule has 8 nitrogen and oxygen atoms in total. The molecule has 0 radical (unpaired) electrons. The van der Waals surface area contributed by atoms with Gasteiger partial charge in [-0.05, 0) is 21.5 Å². The van der Waals surface area contributed by atoms with Crippen LogP contribution in [-0.4, -0.2) is 44.4 Å². The summed E-state index contributed by atoms with van der Waals surface area (Å²) in [6.45, 7) is 0. The minimum absolute atomic E-state index is 0.552. The quantitative estimate of drug-likeness (QED) is 0.175. The van der Waals surface area contributed by atoms with Crippen LogP contribution in [0, 0.1) is 0 Å². The molecular formula is C32H16AlBrN8. The molecule has 4 aromatic carbocycles. The van der Waals surface area contributed by atoms with Crippen molar-refractivity contribution in [1.29, 1.82) is 0 Å². The van der Waals surface area contributed by atoms with Gasteiger partial charge in [0, 0.05) is 44.8 Å². The maximum absolute atomic E-state index is 4.95. The zero-order valence-corrected chi connectivity index (χ0v) is 24.5. The molecule has 0 saturated heterocycles. The van der Waals surface area contributed by atoms with Crippen LogP contribution in [-0.2, 0) is 0 Å². The molecule has 5 heterocycles. The van der Waals surface area contributed by atoms with Gasteiger partial charge in [-0.2, -0.15) is 0 Å². The van der Waals surface area contributed by atoms with Gasteiger partial charge in [0.1, 0.15) is 0 Å². The normalized spacial score (nSPS) is 11.6. The zero-order valence-electron chi connectivity index (χ0n) is 21.8. The van der Waals surface area contributed by atoms with Crippen LogP contribution >= 0.6 is 14.1 Å². The van der Waals surface area contributed by atoms with Crippen LogP contribution < -0.4 is 9.97 Å². The van der Waals surface area contributed by atoms with Crippen LogP contribution in [0.3, 0.4) is 0 Å². The van der Waals surface area contributed by atoms with Crippen molar-refractivity contribution < 1.29 is 0 Å². The average molecular weight is 619 g/mol. The van der Waals surface area contributed by atoms with E-state index in [1.165, 1.54) is 0 Å². The summed E-state index contributed by atoms with van der Waals surface area (Å²) >= 11 is 5.08. The van der Waals surface area contributed by atoms with E-state index >= 15 is 0 Å². The molecule has 0 atom stereocenters. The molecule has 7 aromatic rings. The van der Waals surface area contributed by atoms with Crippen molar-refractivity contribution in [2.24, 2.45) is 0 Å². The molecule has 0 spiro atoms. The minimum atomic E-state index is 0.552. The summed E-state index contributed by atoms with van der Waals surface area (Å²) in [5.41, 5.74) is 5.78. The number of halogens is 1. The van der Waals surface area contributed by atoms with Crippen LogP contribution in [0.15, 0.2) is 97.1 Å². The van der Waals surface area contributed by atoms with Crippen molar-refractivity contribution in [3.63, 3.8) is 0 Å². The largest absolute Gasteiger partial charge is 0.357 e. The van der Waals surface area contributed by atoms with Crippen LogP contribution in [0.5, 0.6) is 0 Å². The van der Waals surface area contributed by atoms with Gasteiger partial charge in [-0.25, -0.2) is 15.0 Å². The second kappa shape index (κ2) is 9.96. The van der Waals surface area contributed by atoms with Gasteiger partial charge in [-0.15, -0.1) is 0 Å². The summed E-state index contributed by atoms with van der Waals surface area (Å²) in [5, 5.41) is 3.57. The van der Waals surface area contributed by atoms with E-state index in [0.29, 0.717) is 45.9 Å². The van der Waals surface area contributed by atoms with Crippen LogP contribution in [0.2, 0.25) is 0 Å². The van der Waals surface area contributed by atoms with E-state index in [2.05, 4.69) is 28.5 Å². The third-order valence-electron chi connectivity index (χ3n) is 7.33. The van der Waals surface area contributed by atoms with E-state index in [1.807, 2.05) is 97.1 Å². The maximum Gasteiger partial charge on any atom is 0.163 e. The van der Waals surface area contributed by atoms with Crippen molar-refractivity contribution in [3.05, 3.63) is 97.1 Å². The Bertz CT molecular complexity index is 2200. The first-order valence-corrected chi connectivity index (χ1v) is 16.3. The van der Waals surface area contributed by atoms with E-state index in [9.17, 15) is 0 Å². The summed E-state index contributed by atoms with van der Waals surface area (Å²) in [6, 6.07) is 31.8. The molecule has 194 valence electrons. The SMILES string of the molecule is [Al+2][Br].c1ccc2c(c1)-c1nc3nc(nc4[n-]c(nc5[n-]c(nc-2n1)c1ccccc51)c1ccccc41)-c1ccccc1-3. The Kier molecular flexibility index (Phi) is 5.93. The topological polar surface area (TPSA) is 106 Å². The monoisotopic (exact) mass is 618 g/mol. The Balaban J connectivity index is 0.00000131. The number of fused-ring (bicyclic) bond motifs is 20. The van der Waals surface area contributed by atoms with Gasteiger partial charge < -0.3 is 24.9 Å². The molecule has 8 bridgehead atoms. The molecule has 9 rings (SSSR count). The molecule has 0 aliphatic carbocycles. The van der Waals surface area contributed by atoms with Crippen molar-refractivity contribution in [2.75, 3.05) is 0 Å². The second-order valence-corrected chi connectivity index (χ2v) is 9.67. The smallest absolute Gasteiger partial charge is 0.163 e. The number of rotatable bonds is 0. The van der Waals surface area contributed by atoms with E-state index in [0.717, 1.165) is 43.8 Å². The number of hydrogen-bond donors (Lipinski definition) is 0. The Morgan fingerprint density at radius 2 is 0.619 bits per heavy atom. The summed E-state index contributed by atoms with van der Waals surface area (Å²) in [4.78, 5) is 39.3. The van der Waals surface area contributed by atoms with E-state index in [4.69, 9.17) is 39.9 Å². The Morgan fingerprint density at radius 1 is 0.357 bits per heavy atom. The number of nitrogens with zero attached hydrogens (tertiary/aromatic N) is 8. The molecule has 10 heteroatoms. The van der Waals surface area contributed by atoms with Gasteiger partial charge in [0.25, 0.3) is 0 Å². The van der Waals surface area contributed by atoms with Gasteiger partial charge >= 0.3 is 28.5 Å². The van der Waals surface area contributed by atoms with Gasteiger partial charge in [-0.3, -0.25) is 0 Å². The van der Waals surface area contributed by atoms with Gasteiger partial charge in [0.15, 0.2) is 11.6 Å². The summed E-state index contributed by atoms with van der Waals surface area (Å²) in [7, 11) is 0. The molecule has 0 N–H and O–H groups in total. The summed E-state index contributed by atoms with van der Waals surface area (Å²) in [5.74, 6) is 2.21. The molecule has 2 aliphatic rings. The Hall–Kier alpha value is -4.75. The van der Waals surface area contributed by atoms with E-state index < -0.39 is 0 Å². The fourth-order valence-electron chi connectivity index (χ4n) is 5.46. The molecule has 0 fully saturated rings. The predicted octanol–water partition coefficient (Wildman–Crippen LogP) is 6.59. The summed E-state index contributed by atoms with van der Waals surface area (Å²) in [6.07, 6.45) is 0. The van der Waals surface area contributed by atoms with Crippen molar-refractivity contribution in [1.82, 2.24) is 39.9 Å². The van der Waals surface area contributed by atoms with Crippen molar-refractivity contribution in [2.45, 2.75) is 0 Å². The number of hydrogen-bond acceptors (Lipinski definition) is 6. The van der Waals surface area contributed by atoms with Gasteiger partial charge in [-0.1, -0.05) is 97.1 Å². The first-order valence-electron chi connectivity index (χ1n) is 13.1. The zero-order chi connectivity index (χ0) is 28.2. The number of aromatic nitrogens is 8. The van der Waals surface area contributed by atoms with Crippen molar-refractivity contribution >= 4 is 72.6 Å². The first-order chi connectivity index (χ1) is 20.8. The fraction of sp³-hybridized carbons (Fsp3) is 0. The fourth-order valence-corrected chi connectivity index (χ4v) is 5.46. The summed E-state index contributed by atoms with van der Waals surface area (Å²) < 4.78 is 0. The maximum atomic E-state index is 4.95. The molecule has 0 saturated carbocycles. The van der Waals surface area contributed by atoms with Gasteiger partial charge in [0.05, 0.1) is 11.6 Å². The third-order valence-corrected chi connectivity index (χ3v) is 7.33. The molecule has 0 amide bonds. The Labute approximate surface area is 254 Å². The molecule has 2 aliphatic heterocycles. The average Bonchev–Trinajstić information content (AvgIpc) is 3.78. The number of benzene rings is 4. The third kappa shape index (κ3) is 3.88. The first kappa shape index (κ1) is 25.0. The predicted molar refractivity (Wildman–Crippen MR) is 169 cm³/mol. The Morgan fingerprint density at radius 3 is 0.952 bits per heavy atom. The molecule has 3 aromatic heterocycles. The van der Waals surface area contributed by atoms with Crippen molar-refractivity contribution in [3.8, 4) is 45.6 Å². The second-order valence-electron chi connectivity index (χ2n) is 9.67. The molecular weight excluding hydrogens is 603 g/mol. The minimum Gasteiger partial charge on any atom is -0.357 e. The van der Waals surface area contributed by atoms with Crippen LogP contribution in [0.25, 0.3) is 89.7 Å². The van der Waals surface area contributed by atoms with Crippen LogP contribution in [0.1, 0.15) is 0 Å². The molecule has 42 heavy (non-hydrogen) atoms. The van der Waals surface area contributed by atoms with E-state index in [-0.39, 0.29) is 0 Å². The molecule has 0 unspecified atom stereocenters. The van der Waals surface area contributed by atoms with Crippen LogP contribution in [0.4, 0.5) is 0 Å². The van der Waals surface area contributed by atoms with Gasteiger partial charge in [0.2, 0.25) is 0 Å². The van der Waals surface area contributed by atoms with E-state index in [1.54, 1.807) is 0 Å².